The van der Waals surface area contributed by atoms with E-state index in [1.807, 2.05) is 12.1 Å². The summed E-state index contributed by atoms with van der Waals surface area (Å²) in [7, 11) is 0. The molecule has 0 aliphatic heterocycles. The predicted octanol–water partition coefficient (Wildman–Crippen LogP) is 5.20. The summed E-state index contributed by atoms with van der Waals surface area (Å²) in [5.74, 6) is 0.505. The van der Waals surface area contributed by atoms with Gasteiger partial charge in [0.05, 0.1) is 0 Å². The van der Waals surface area contributed by atoms with Gasteiger partial charge in [0.1, 0.15) is 11.4 Å². The molecule has 2 aromatic heterocycles. The zero-order valence-corrected chi connectivity index (χ0v) is 16.9. The molecular formula is C20H15Cl2F2N5O. The van der Waals surface area contributed by atoms with Crippen LogP contribution in [0.15, 0.2) is 60.8 Å². The lowest BCUT2D eigenvalue weighted by molar-refractivity contribution is -0.0494. The number of benzene rings is 2. The average Bonchev–Trinajstić information content (AvgIpc) is 3.24. The SMILES string of the molecule is Cl.FC(F)Oc1ccc(Cc2ccc(-c3nn[nH]n3)nc2)cc1-c1cccc(Cl)c1. The van der Waals surface area contributed by atoms with Crippen LogP contribution in [0.3, 0.4) is 0 Å². The Morgan fingerprint density at radius 1 is 1.03 bits per heavy atom. The lowest BCUT2D eigenvalue weighted by atomic mass is 9.98. The Bertz CT molecular complexity index is 1110. The van der Waals surface area contributed by atoms with Crippen LogP contribution >= 0.6 is 24.0 Å². The van der Waals surface area contributed by atoms with Crippen molar-refractivity contribution < 1.29 is 13.5 Å². The van der Waals surface area contributed by atoms with E-state index in [1.54, 1.807) is 48.7 Å². The molecule has 1 N–H and O–H groups in total. The van der Waals surface area contributed by atoms with E-state index in [9.17, 15) is 8.78 Å². The largest absolute Gasteiger partial charge is 0.434 e. The van der Waals surface area contributed by atoms with E-state index in [0.717, 1.165) is 11.1 Å². The van der Waals surface area contributed by atoms with Crippen LogP contribution in [0.2, 0.25) is 5.02 Å². The summed E-state index contributed by atoms with van der Waals surface area (Å²) >= 11 is 6.07. The number of H-pyrrole nitrogens is 1. The van der Waals surface area contributed by atoms with Gasteiger partial charge in [0.2, 0.25) is 5.82 Å². The molecule has 10 heteroatoms. The Morgan fingerprint density at radius 2 is 1.87 bits per heavy atom. The Morgan fingerprint density at radius 3 is 2.53 bits per heavy atom. The van der Waals surface area contributed by atoms with Gasteiger partial charge in [0.25, 0.3) is 0 Å². The van der Waals surface area contributed by atoms with Crippen LogP contribution in [0.4, 0.5) is 8.78 Å². The molecule has 4 rings (SSSR count). The molecule has 0 bridgehead atoms. The van der Waals surface area contributed by atoms with Crippen molar-refractivity contribution in [1.29, 1.82) is 0 Å². The maximum atomic E-state index is 12.8. The molecule has 0 radical (unpaired) electrons. The summed E-state index contributed by atoms with van der Waals surface area (Å²) in [4.78, 5) is 4.34. The standard InChI is InChI=1S/C20H14ClF2N5O.ClH/c21-15-3-1-2-14(10-15)16-9-12(5-7-18(16)29-20(22)23)8-13-4-6-17(24-11-13)19-25-27-28-26-19;/h1-7,9-11,20H,8H2,(H,25,26,27,28);1H. The Kier molecular flexibility index (Phi) is 6.91. The van der Waals surface area contributed by atoms with Crippen molar-refractivity contribution in [2.24, 2.45) is 0 Å². The fourth-order valence-corrected chi connectivity index (χ4v) is 3.13. The fraction of sp³-hybridized carbons (Fsp3) is 0.100. The first kappa shape index (κ1) is 21.6. The molecule has 0 amide bonds. The summed E-state index contributed by atoms with van der Waals surface area (Å²) < 4.78 is 30.3. The van der Waals surface area contributed by atoms with Crippen LogP contribution in [-0.2, 0) is 6.42 Å². The highest BCUT2D eigenvalue weighted by molar-refractivity contribution is 6.30. The van der Waals surface area contributed by atoms with Crippen LogP contribution in [0.1, 0.15) is 11.1 Å². The third kappa shape index (κ3) is 5.08. The Labute approximate surface area is 181 Å². The van der Waals surface area contributed by atoms with Gasteiger partial charge in [-0.2, -0.15) is 14.0 Å². The number of nitrogens with one attached hydrogen (secondary N) is 1. The zero-order valence-electron chi connectivity index (χ0n) is 15.3. The molecule has 6 nitrogen and oxygen atoms in total. The maximum Gasteiger partial charge on any atom is 0.387 e. The maximum absolute atomic E-state index is 12.8. The van der Waals surface area contributed by atoms with E-state index in [1.165, 1.54) is 0 Å². The van der Waals surface area contributed by atoms with E-state index in [-0.39, 0.29) is 18.2 Å². The summed E-state index contributed by atoms with van der Waals surface area (Å²) in [6.45, 7) is -2.92. The summed E-state index contributed by atoms with van der Waals surface area (Å²) in [6, 6.07) is 15.8. The van der Waals surface area contributed by atoms with Gasteiger partial charge >= 0.3 is 6.61 Å². The first-order chi connectivity index (χ1) is 14.1. The minimum atomic E-state index is -2.92. The monoisotopic (exact) mass is 449 g/mol. The van der Waals surface area contributed by atoms with Crippen molar-refractivity contribution in [2.45, 2.75) is 13.0 Å². The van der Waals surface area contributed by atoms with Gasteiger partial charge in [-0.15, -0.1) is 22.6 Å². The van der Waals surface area contributed by atoms with Gasteiger partial charge < -0.3 is 4.74 Å². The highest BCUT2D eigenvalue weighted by Gasteiger charge is 2.13. The van der Waals surface area contributed by atoms with Crippen LogP contribution in [0, 0.1) is 0 Å². The molecule has 30 heavy (non-hydrogen) atoms. The molecule has 0 saturated carbocycles. The van der Waals surface area contributed by atoms with Crippen LogP contribution < -0.4 is 4.74 Å². The molecule has 2 aromatic carbocycles. The highest BCUT2D eigenvalue weighted by atomic mass is 35.5. The number of ether oxygens (including phenoxy) is 1. The number of nitrogens with zero attached hydrogens (tertiary/aromatic N) is 4. The normalized spacial score (nSPS) is 10.7. The second kappa shape index (κ2) is 9.60. The van der Waals surface area contributed by atoms with Crippen molar-refractivity contribution in [2.75, 3.05) is 0 Å². The van der Waals surface area contributed by atoms with Gasteiger partial charge in [-0.1, -0.05) is 35.9 Å². The van der Waals surface area contributed by atoms with Crippen molar-refractivity contribution in [3.63, 3.8) is 0 Å². The van der Waals surface area contributed by atoms with Gasteiger partial charge in [-0.25, -0.2) is 0 Å². The third-order valence-electron chi connectivity index (χ3n) is 4.20. The zero-order chi connectivity index (χ0) is 20.2. The number of halogens is 4. The number of hydrogen-bond donors (Lipinski definition) is 1. The lowest BCUT2D eigenvalue weighted by Gasteiger charge is -2.13. The van der Waals surface area contributed by atoms with Gasteiger partial charge in [-0.05, 0) is 58.7 Å². The second-order valence-corrected chi connectivity index (χ2v) is 6.62. The van der Waals surface area contributed by atoms with Crippen LogP contribution in [0.5, 0.6) is 5.75 Å². The number of alkyl halides is 2. The fourth-order valence-electron chi connectivity index (χ4n) is 2.93. The van der Waals surface area contributed by atoms with Crippen molar-refractivity contribution in [3.05, 3.63) is 76.9 Å². The number of hydrogen-bond acceptors (Lipinski definition) is 5. The molecule has 0 saturated heterocycles. The van der Waals surface area contributed by atoms with Crippen molar-refractivity contribution in [3.8, 4) is 28.4 Å². The first-order valence-electron chi connectivity index (χ1n) is 8.61. The third-order valence-corrected chi connectivity index (χ3v) is 4.44. The van der Waals surface area contributed by atoms with Gasteiger partial charge in [0.15, 0.2) is 0 Å². The molecule has 0 atom stereocenters. The van der Waals surface area contributed by atoms with E-state index in [0.29, 0.717) is 34.1 Å². The van der Waals surface area contributed by atoms with Crippen LogP contribution in [0.25, 0.3) is 22.6 Å². The lowest BCUT2D eigenvalue weighted by Crippen LogP contribution is -2.04. The van der Waals surface area contributed by atoms with Gasteiger partial charge in [-0.3, -0.25) is 4.98 Å². The number of rotatable bonds is 6. The molecule has 0 aliphatic rings. The molecule has 0 aliphatic carbocycles. The molecule has 4 aromatic rings. The minimum absolute atomic E-state index is 0. The molecule has 0 unspecified atom stereocenters. The second-order valence-electron chi connectivity index (χ2n) is 6.18. The molecule has 0 fully saturated rings. The Balaban J connectivity index is 0.00000256. The summed E-state index contributed by atoms with van der Waals surface area (Å²) in [5.41, 5.74) is 3.69. The molecule has 2 heterocycles. The van der Waals surface area contributed by atoms with E-state index >= 15 is 0 Å². The quantitative estimate of drug-likeness (QED) is 0.437. The molecular weight excluding hydrogens is 435 g/mol. The Hall–Kier alpha value is -3.10. The highest BCUT2D eigenvalue weighted by Crippen LogP contribution is 2.34. The smallest absolute Gasteiger partial charge is 0.387 e. The van der Waals surface area contributed by atoms with Crippen molar-refractivity contribution >= 4 is 24.0 Å². The predicted molar refractivity (Wildman–Crippen MR) is 111 cm³/mol. The topological polar surface area (TPSA) is 76.6 Å². The van der Waals surface area contributed by atoms with E-state index in [2.05, 4.69) is 25.6 Å². The van der Waals surface area contributed by atoms with Crippen molar-refractivity contribution in [1.82, 2.24) is 25.6 Å². The first-order valence-corrected chi connectivity index (χ1v) is 8.99. The molecule has 0 spiro atoms. The summed E-state index contributed by atoms with van der Waals surface area (Å²) in [6.07, 6.45) is 2.27. The number of aromatic amines is 1. The number of tetrazole rings is 1. The van der Waals surface area contributed by atoms with Gasteiger partial charge in [0, 0.05) is 16.8 Å². The minimum Gasteiger partial charge on any atom is -0.434 e. The number of aromatic nitrogens is 5. The number of pyridine rings is 1. The van der Waals surface area contributed by atoms with E-state index < -0.39 is 6.61 Å². The van der Waals surface area contributed by atoms with Crippen LogP contribution in [-0.4, -0.2) is 32.2 Å². The summed E-state index contributed by atoms with van der Waals surface area (Å²) in [5, 5.41) is 14.2. The van der Waals surface area contributed by atoms with E-state index in [4.69, 9.17) is 16.3 Å². The molecule has 154 valence electrons. The average molecular weight is 450 g/mol.